The first kappa shape index (κ1) is 12.0. The molecular formula is C12H20O. The largest absolute Gasteiger partial charge is 0.489 e. The van der Waals surface area contributed by atoms with Gasteiger partial charge in [0.25, 0.3) is 0 Å². The highest BCUT2D eigenvalue weighted by Crippen LogP contribution is 2.17. The van der Waals surface area contributed by atoms with Crippen LogP contribution in [0.4, 0.5) is 0 Å². The van der Waals surface area contributed by atoms with E-state index in [2.05, 4.69) is 33.9 Å². The Balaban J connectivity index is 3.93. The van der Waals surface area contributed by atoms with E-state index in [0.717, 1.165) is 12.8 Å². The summed E-state index contributed by atoms with van der Waals surface area (Å²) in [6, 6.07) is 0. The molecule has 1 heteroatoms. The molecule has 0 saturated heterocycles. The Kier molecular flexibility index (Phi) is 5.20. The molecule has 0 heterocycles. The number of allylic oxidation sites excluding steroid dienone is 3. The third-order valence-corrected chi connectivity index (χ3v) is 1.87. The number of rotatable bonds is 6. The van der Waals surface area contributed by atoms with Gasteiger partial charge in [0, 0.05) is 0 Å². The Morgan fingerprint density at radius 3 is 2.54 bits per heavy atom. The summed E-state index contributed by atoms with van der Waals surface area (Å²) < 4.78 is 5.62. The molecule has 0 saturated carbocycles. The van der Waals surface area contributed by atoms with E-state index in [1.54, 1.807) is 0 Å². The van der Waals surface area contributed by atoms with E-state index in [-0.39, 0.29) is 5.60 Å². The molecule has 0 amide bonds. The maximum atomic E-state index is 5.62. The van der Waals surface area contributed by atoms with Gasteiger partial charge in [0.15, 0.2) is 0 Å². The lowest BCUT2D eigenvalue weighted by Gasteiger charge is -2.24. The lowest BCUT2D eigenvalue weighted by Crippen LogP contribution is -2.21. The van der Waals surface area contributed by atoms with E-state index < -0.39 is 0 Å². The zero-order valence-corrected chi connectivity index (χ0v) is 8.97. The summed E-state index contributed by atoms with van der Waals surface area (Å²) in [5, 5.41) is 0. The van der Waals surface area contributed by atoms with E-state index in [9.17, 15) is 0 Å². The first-order valence-corrected chi connectivity index (χ1v) is 4.67. The van der Waals surface area contributed by atoms with Crippen LogP contribution in [0.15, 0.2) is 37.1 Å². The molecule has 0 aliphatic heterocycles. The predicted molar refractivity (Wildman–Crippen MR) is 58.5 cm³/mol. The molecule has 74 valence electrons. The van der Waals surface area contributed by atoms with Crippen LogP contribution in [0.25, 0.3) is 0 Å². The van der Waals surface area contributed by atoms with Crippen molar-refractivity contribution >= 4 is 0 Å². The fraction of sp³-hybridized carbons (Fsp3) is 0.500. The standard InChI is InChI=1S/C12H20O/c1-6-8-9-10-11(3)13-12(4,5)7-2/h6,9-10H,1,3,7-8H2,2,4-5H3. The minimum atomic E-state index is -0.115. The zero-order chi connectivity index (χ0) is 10.3. The van der Waals surface area contributed by atoms with Crippen molar-refractivity contribution in [3.8, 4) is 0 Å². The number of hydrogen-bond donors (Lipinski definition) is 0. The van der Waals surface area contributed by atoms with Gasteiger partial charge in [0.2, 0.25) is 0 Å². The van der Waals surface area contributed by atoms with Crippen molar-refractivity contribution in [1.82, 2.24) is 0 Å². The molecule has 0 aromatic rings. The quantitative estimate of drug-likeness (QED) is 0.343. The van der Waals surface area contributed by atoms with Gasteiger partial charge in [-0.25, -0.2) is 0 Å². The van der Waals surface area contributed by atoms with Gasteiger partial charge in [0.1, 0.15) is 11.4 Å². The lowest BCUT2D eigenvalue weighted by molar-refractivity contribution is 0.0396. The van der Waals surface area contributed by atoms with Crippen molar-refractivity contribution in [1.29, 1.82) is 0 Å². The summed E-state index contributed by atoms with van der Waals surface area (Å²) in [6.45, 7) is 13.7. The minimum absolute atomic E-state index is 0.115. The third-order valence-electron chi connectivity index (χ3n) is 1.87. The Hall–Kier alpha value is -0.980. The normalized spacial score (nSPS) is 11.6. The van der Waals surface area contributed by atoms with Crippen LogP contribution in [-0.2, 0) is 4.74 Å². The molecule has 1 nitrogen and oxygen atoms in total. The van der Waals surface area contributed by atoms with E-state index in [4.69, 9.17) is 4.74 Å². The highest BCUT2D eigenvalue weighted by Gasteiger charge is 2.15. The first-order chi connectivity index (χ1) is 6.02. The van der Waals surface area contributed by atoms with Crippen LogP contribution in [0.2, 0.25) is 0 Å². The molecule has 0 radical (unpaired) electrons. The Morgan fingerprint density at radius 1 is 1.46 bits per heavy atom. The highest BCUT2D eigenvalue weighted by atomic mass is 16.5. The maximum Gasteiger partial charge on any atom is 0.112 e. The van der Waals surface area contributed by atoms with E-state index >= 15 is 0 Å². The fourth-order valence-corrected chi connectivity index (χ4v) is 0.757. The molecule has 0 aliphatic rings. The summed E-state index contributed by atoms with van der Waals surface area (Å²) in [5.74, 6) is 0.716. The summed E-state index contributed by atoms with van der Waals surface area (Å²) in [5.41, 5.74) is -0.115. The van der Waals surface area contributed by atoms with Crippen molar-refractivity contribution in [2.24, 2.45) is 0 Å². The second kappa shape index (κ2) is 5.63. The molecule has 0 unspecified atom stereocenters. The van der Waals surface area contributed by atoms with Gasteiger partial charge in [-0.15, -0.1) is 6.58 Å². The van der Waals surface area contributed by atoms with Crippen LogP contribution in [0, 0.1) is 0 Å². The van der Waals surface area contributed by atoms with Gasteiger partial charge in [-0.3, -0.25) is 0 Å². The molecule has 0 fully saturated rings. The molecular weight excluding hydrogens is 160 g/mol. The zero-order valence-electron chi connectivity index (χ0n) is 8.97. The smallest absolute Gasteiger partial charge is 0.112 e. The van der Waals surface area contributed by atoms with Crippen molar-refractivity contribution < 1.29 is 4.74 Å². The second-order valence-electron chi connectivity index (χ2n) is 3.61. The van der Waals surface area contributed by atoms with Gasteiger partial charge in [0.05, 0.1) is 0 Å². The Labute approximate surface area is 81.8 Å². The van der Waals surface area contributed by atoms with Crippen LogP contribution < -0.4 is 0 Å². The van der Waals surface area contributed by atoms with Crippen molar-refractivity contribution in [2.45, 2.75) is 39.2 Å². The lowest BCUT2D eigenvalue weighted by atomic mass is 10.1. The Morgan fingerprint density at radius 2 is 2.08 bits per heavy atom. The molecule has 0 atom stereocenters. The molecule has 0 rings (SSSR count). The molecule has 0 aliphatic carbocycles. The number of hydrogen-bond acceptors (Lipinski definition) is 1. The molecule has 0 N–H and O–H groups in total. The molecule has 0 bridgehead atoms. The average Bonchev–Trinajstić information content (AvgIpc) is 2.04. The molecule has 0 spiro atoms. The highest BCUT2D eigenvalue weighted by molar-refractivity contribution is 5.09. The predicted octanol–water partition coefficient (Wildman–Crippen LogP) is 3.84. The van der Waals surface area contributed by atoms with Crippen molar-refractivity contribution in [3.63, 3.8) is 0 Å². The van der Waals surface area contributed by atoms with Crippen LogP contribution in [0.3, 0.4) is 0 Å². The summed E-state index contributed by atoms with van der Waals surface area (Å²) in [4.78, 5) is 0. The van der Waals surface area contributed by atoms with E-state index in [1.165, 1.54) is 0 Å². The summed E-state index contributed by atoms with van der Waals surface area (Å²) in [7, 11) is 0. The van der Waals surface area contributed by atoms with Crippen LogP contribution in [-0.4, -0.2) is 5.60 Å². The SMILES string of the molecule is C=CCC=CC(=C)OC(C)(C)CC. The van der Waals surface area contributed by atoms with Crippen LogP contribution in [0.5, 0.6) is 0 Å². The van der Waals surface area contributed by atoms with Crippen molar-refractivity contribution in [3.05, 3.63) is 37.1 Å². The molecule has 13 heavy (non-hydrogen) atoms. The number of ether oxygens (including phenoxy) is 1. The first-order valence-electron chi connectivity index (χ1n) is 4.67. The fourth-order valence-electron chi connectivity index (χ4n) is 0.757. The monoisotopic (exact) mass is 180 g/mol. The van der Waals surface area contributed by atoms with Crippen LogP contribution >= 0.6 is 0 Å². The second-order valence-corrected chi connectivity index (χ2v) is 3.61. The van der Waals surface area contributed by atoms with Gasteiger partial charge < -0.3 is 4.74 Å². The maximum absolute atomic E-state index is 5.62. The summed E-state index contributed by atoms with van der Waals surface area (Å²) in [6.07, 6.45) is 7.55. The average molecular weight is 180 g/mol. The summed E-state index contributed by atoms with van der Waals surface area (Å²) >= 11 is 0. The van der Waals surface area contributed by atoms with E-state index in [1.807, 2.05) is 18.2 Å². The van der Waals surface area contributed by atoms with E-state index in [0.29, 0.717) is 5.76 Å². The molecule has 0 aromatic carbocycles. The van der Waals surface area contributed by atoms with Gasteiger partial charge >= 0.3 is 0 Å². The Bertz CT molecular complexity index is 199. The van der Waals surface area contributed by atoms with Gasteiger partial charge in [-0.05, 0) is 32.8 Å². The third kappa shape index (κ3) is 6.21. The van der Waals surface area contributed by atoms with Gasteiger partial charge in [-0.2, -0.15) is 0 Å². The van der Waals surface area contributed by atoms with Crippen molar-refractivity contribution in [2.75, 3.05) is 0 Å². The topological polar surface area (TPSA) is 9.23 Å². The minimum Gasteiger partial charge on any atom is -0.489 e. The van der Waals surface area contributed by atoms with Crippen LogP contribution in [0.1, 0.15) is 33.6 Å². The van der Waals surface area contributed by atoms with Gasteiger partial charge in [-0.1, -0.05) is 25.7 Å². The molecule has 0 aromatic heterocycles.